The predicted octanol–water partition coefficient (Wildman–Crippen LogP) is 3.55. The fourth-order valence-electron chi connectivity index (χ4n) is 2.76. The first-order chi connectivity index (χ1) is 10.3. The molecule has 0 amide bonds. The number of hydrogen-bond acceptors (Lipinski definition) is 3. The van der Waals surface area contributed by atoms with Crippen molar-refractivity contribution in [1.82, 2.24) is 0 Å². The number of para-hydroxylation sites is 1. The third kappa shape index (κ3) is 3.03. The van der Waals surface area contributed by atoms with E-state index in [4.69, 9.17) is 4.74 Å². The van der Waals surface area contributed by atoms with Gasteiger partial charge in [-0.05, 0) is 42.2 Å². The third-order valence-electron chi connectivity index (χ3n) is 3.85. The largest absolute Gasteiger partial charge is 0.494 e. The lowest BCUT2D eigenvalue weighted by atomic mass is 9.99. The molecular formula is C18H21NO2. The van der Waals surface area contributed by atoms with Crippen LogP contribution >= 0.6 is 0 Å². The van der Waals surface area contributed by atoms with Crippen LogP contribution in [0.3, 0.4) is 0 Å². The van der Waals surface area contributed by atoms with Crippen molar-refractivity contribution in [3.8, 4) is 5.75 Å². The topological polar surface area (TPSA) is 41.5 Å². The van der Waals surface area contributed by atoms with Gasteiger partial charge in [-0.15, -0.1) is 0 Å². The Morgan fingerprint density at radius 3 is 2.90 bits per heavy atom. The van der Waals surface area contributed by atoms with Crippen LogP contribution in [-0.2, 0) is 6.42 Å². The molecule has 1 aliphatic rings. The molecule has 0 aromatic heterocycles. The van der Waals surface area contributed by atoms with Gasteiger partial charge in [0.15, 0.2) is 0 Å². The molecule has 2 aromatic rings. The fraction of sp³-hybridized carbons (Fsp3) is 0.333. The van der Waals surface area contributed by atoms with E-state index in [1.54, 1.807) is 0 Å². The van der Waals surface area contributed by atoms with Gasteiger partial charge in [0, 0.05) is 5.69 Å². The van der Waals surface area contributed by atoms with Crippen LogP contribution in [0.15, 0.2) is 48.5 Å². The van der Waals surface area contributed by atoms with Gasteiger partial charge in [-0.25, -0.2) is 0 Å². The van der Waals surface area contributed by atoms with Gasteiger partial charge in [-0.2, -0.15) is 0 Å². The average molecular weight is 283 g/mol. The second kappa shape index (κ2) is 6.19. The van der Waals surface area contributed by atoms with Gasteiger partial charge in [0.2, 0.25) is 0 Å². The van der Waals surface area contributed by atoms with E-state index in [0.29, 0.717) is 6.61 Å². The number of ether oxygens (including phenoxy) is 1. The number of nitrogens with one attached hydrogen (secondary N) is 1. The highest BCUT2D eigenvalue weighted by Crippen LogP contribution is 2.32. The van der Waals surface area contributed by atoms with E-state index < -0.39 is 6.10 Å². The van der Waals surface area contributed by atoms with E-state index in [-0.39, 0.29) is 6.04 Å². The zero-order valence-electron chi connectivity index (χ0n) is 12.3. The summed E-state index contributed by atoms with van der Waals surface area (Å²) in [6.45, 7) is 2.78. The smallest absolute Gasteiger partial charge is 0.119 e. The van der Waals surface area contributed by atoms with Crippen molar-refractivity contribution < 1.29 is 9.84 Å². The lowest BCUT2D eigenvalue weighted by Crippen LogP contribution is -2.24. The van der Waals surface area contributed by atoms with Gasteiger partial charge < -0.3 is 15.2 Å². The van der Waals surface area contributed by atoms with Crippen LogP contribution in [0, 0.1) is 0 Å². The molecule has 0 saturated carbocycles. The SMILES string of the molecule is CCCOc1cccc(C(O)C2Cc3ccccc3N2)c1. The second-order valence-electron chi connectivity index (χ2n) is 5.48. The summed E-state index contributed by atoms with van der Waals surface area (Å²) in [4.78, 5) is 0. The molecule has 1 aliphatic heterocycles. The first-order valence-corrected chi connectivity index (χ1v) is 7.53. The Balaban J connectivity index is 1.73. The van der Waals surface area contributed by atoms with E-state index in [2.05, 4.69) is 24.4 Å². The van der Waals surface area contributed by atoms with E-state index in [1.165, 1.54) is 5.56 Å². The summed E-state index contributed by atoms with van der Waals surface area (Å²) >= 11 is 0. The molecule has 3 rings (SSSR count). The van der Waals surface area contributed by atoms with Crippen molar-refractivity contribution in [3.05, 3.63) is 59.7 Å². The maximum absolute atomic E-state index is 10.6. The molecule has 21 heavy (non-hydrogen) atoms. The molecule has 0 saturated heterocycles. The molecule has 3 nitrogen and oxygen atoms in total. The zero-order chi connectivity index (χ0) is 14.7. The summed E-state index contributed by atoms with van der Waals surface area (Å²) in [6, 6.07) is 16.0. The number of hydrogen-bond donors (Lipinski definition) is 2. The minimum absolute atomic E-state index is 0.0174. The first-order valence-electron chi connectivity index (χ1n) is 7.53. The summed E-state index contributed by atoms with van der Waals surface area (Å²) in [7, 11) is 0. The van der Waals surface area contributed by atoms with Crippen LogP contribution in [0.5, 0.6) is 5.75 Å². The Morgan fingerprint density at radius 2 is 2.10 bits per heavy atom. The average Bonchev–Trinajstić information content (AvgIpc) is 2.96. The number of aliphatic hydroxyl groups is 1. The molecule has 0 fully saturated rings. The highest BCUT2D eigenvalue weighted by atomic mass is 16.5. The maximum atomic E-state index is 10.6. The molecule has 2 aromatic carbocycles. The molecule has 110 valence electrons. The molecule has 2 atom stereocenters. The lowest BCUT2D eigenvalue weighted by molar-refractivity contribution is 0.156. The van der Waals surface area contributed by atoms with Gasteiger partial charge in [-0.3, -0.25) is 0 Å². The third-order valence-corrected chi connectivity index (χ3v) is 3.85. The van der Waals surface area contributed by atoms with Gasteiger partial charge in [-0.1, -0.05) is 37.3 Å². The molecular weight excluding hydrogens is 262 g/mol. The minimum atomic E-state index is -0.539. The number of fused-ring (bicyclic) bond motifs is 1. The van der Waals surface area contributed by atoms with E-state index in [1.807, 2.05) is 36.4 Å². The van der Waals surface area contributed by atoms with Gasteiger partial charge >= 0.3 is 0 Å². The molecule has 0 spiro atoms. The van der Waals surface area contributed by atoms with Crippen molar-refractivity contribution in [3.63, 3.8) is 0 Å². The van der Waals surface area contributed by atoms with Gasteiger partial charge in [0.1, 0.15) is 5.75 Å². The molecule has 3 heteroatoms. The molecule has 0 radical (unpaired) electrons. The van der Waals surface area contributed by atoms with E-state index in [0.717, 1.165) is 29.8 Å². The van der Waals surface area contributed by atoms with Crippen molar-refractivity contribution in [2.24, 2.45) is 0 Å². The van der Waals surface area contributed by atoms with E-state index in [9.17, 15) is 5.11 Å². The van der Waals surface area contributed by atoms with Crippen LogP contribution in [0.1, 0.15) is 30.6 Å². The summed E-state index contributed by atoms with van der Waals surface area (Å²) in [5, 5.41) is 14.0. The standard InChI is InChI=1S/C18H21NO2/c1-2-10-21-15-8-5-7-14(11-15)18(20)17-12-13-6-3-4-9-16(13)19-17/h3-9,11,17-20H,2,10,12H2,1H3. The Labute approximate surface area is 125 Å². The summed E-state index contributed by atoms with van der Waals surface area (Å²) in [5.74, 6) is 0.823. The molecule has 1 heterocycles. The lowest BCUT2D eigenvalue weighted by Gasteiger charge is -2.20. The normalized spacial score (nSPS) is 17.9. The quantitative estimate of drug-likeness (QED) is 0.882. The molecule has 0 aliphatic carbocycles. The Kier molecular flexibility index (Phi) is 4.11. The van der Waals surface area contributed by atoms with Gasteiger partial charge in [0.05, 0.1) is 18.8 Å². The first kappa shape index (κ1) is 14.0. The van der Waals surface area contributed by atoms with Crippen LogP contribution < -0.4 is 10.1 Å². The van der Waals surface area contributed by atoms with E-state index >= 15 is 0 Å². The monoisotopic (exact) mass is 283 g/mol. The number of benzene rings is 2. The molecule has 0 bridgehead atoms. The zero-order valence-corrected chi connectivity index (χ0v) is 12.3. The summed E-state index contributed by atoms with van der Waals surface area (Å²) in [6.07, 6.45) is 1.28. The summed E-state index contributed by atoms with van der Waals surface area (Å²) in [5.41, 5.74) is 3.29. The number of rotatable bonds is 5. The highest BCUT2D eigenvalue weighted by molar-refractivity contribution is 5.57. The highest BCUT2D eigenvalue weighted by Gasteiger charge is 2.27. The Morgan fingerprint density at radius 1 is 1.24 bits per heavy atom. The summed E-state index contributed by atoms with van der Waals surface area (Å²) < 4.78 is 5.64. The van der Waals surface area contributed by atoms with Crippen molar-refractivity contribution in [1.29, 1.82) is 0 Å². The van der Waals surface area contributed by atoms with Crippen molar-refractivity contribution in [2.45, 2.75) is 31.9 Å². The Bertz CT molecular complexity index is 587. The van der Waals surface area contributed by atoms with Crippen LogP contribution in [0.2, 0.25) is 0 Å². The maximum Gasteiger partial charge on any atom is 0.119 e. The van der Waals surface area contributed by atoms with Crippen LogP contribution in [-0.4, -0.2) is 17.8 Å². The van der Waals surface area contributed by atoms with Crippen LogP contribution in [0.4, 0.5) is 5.69 Å². The van der Waals surface area contributed by atoms with Crippen molar-refractivity contribution in [2.75, 3.05) is 11.9 Å². The number of aliphatic hydroxyl groups excluding tert-OH is 1. The van der Waals surface area contributed by atoms with Gasteiger partial charge in [0.25, 0.3) is 0 Å². The van der Waals surface area contributed by atoms with Crippen LogP contribution in [0.25, 0.3) is 0 Å². The molecule has 2 unspecified atom stereocenters. The predicted molar refractivity (Wildman–Crippen MR) is 84.7 cm³/mol. The van der Waals surface area contributed by atoms with Crippen molar-refractivity contribution >= 4 is 5.69 Å². The fourth-order valence-corrected chi connectivity index (χ4v) is 2.76. The minimum Gasteiger partial charge on any atom is -0.494 e. The Hall–Kier alpha value is -2.00. The number of anilines is 1. The second-order valence-corrected chi connectivity index (χ2v) is 5.48. The molecule has 2 N–H and O–H groups in total.